The highest BCUT2D eigenvalue weighted by Crippen LogP contribution is 2.11. The number of aromatic carboxylic acids is 1. The van der Waals surface area contributed by atoms with Crippen molar-refractivity contribution in [2.24, 2.45) is 4.99 Å². The first-order chi connectivity index (χ1) is 13.3. The average molecular weight is 490 g/mol. The third-order valence-electron chi connectivity index (χ3n) is 3.90. The molecule has 0 bridgehead atoms. The zero-order chi connectivity index (χ0) is 20.3. The molecule has 0 saturated carbocycles. The third kappa shape index (κ3) is 4.36. The van der Waals surface area contributed by atoms with Crippen molar-refractivity contribution >= 4 is 46.5 Å². The van der Waals surface area contributed by atoms with Crippen LogP contribution in [-0.2, 0) is 0 Å². The molecule has 28 heavy (non-hydrogen) atoms. The van der Waals surface area contributed by atoms with Crippen LogP contribution in [0.3, 0.4) is 0 Å². The van der Waals surface area contributed by atoms with Gasteiger partial charge in [0.05, 0.1) is 16.8 Å². The Hall–Kier alpha value is -3.21. The van der Waals surface area contributed by atoms with E-state index in [-0.39, 0.29) is 16.7 Å². The molecular formula is C19H15IN4O4. The number of urea groups is 1. The molecule has 1 heterocycles. The molecule has 8 nitrogen and oxygen atoms in total. The molecule has 3 rings (SSSR count). The first-order valence-corrected chi connectivity index (χ1v) is 9.19. The number of H-pyrrole nitrogens is 1. The number of amides is 2. The molecule has 142 valence electrons. The van der Waals surface area contributed by atoms with Gasteiger partial charge in [-0.2, -0.15) is 0 Å². The van der Waals surface area contributed by atoms with Crippen LogP contribution in [0.4, 0.5) is 10.5 Å². The summed E-state index contributed by atoms with van der Waals surface area (Å²) in [6.07, 6.45) is 1.21. The molecule has 0 radical (unpaired) electrons. The molecule has 0 fully saturated rings. The van der Waals surface area contributed by atoms with Gasteiger partial charge in [0.25, 0.3) is 5.56 Å². The summed E-state index contributed by atoms with van der Waals surface area (Å²) in [5.41, 5.74) is 1.72. The lowest BCUT2D eigenvalue weighted by atomic mass is 10.2. The van der Waals surface area contributed by atoms with Gasteiger partial charge in [0.2, 0.25) is 0 Å². The number of carboxylic acids is 1. The van der Waals surface area contributed by atoms with Crippen LogP contribution in [0.5, 0.6) is 0 Å². The number of carbonyl (C=O) groups excluding carboxylic acids is 1. The van der Waals surface area contributed by atoms with Crippen LogP contribution in [-0.4, -0.2) is 33.1 Å². The quantitative estimate of drug-likeness (QED) is 0.384. The van der Waals surface area contributed by atoms with Gasteiger partial charge in [-0.1, -0.05) is 0 Å². The summed E-state index contributed by atoms with van der Waals surface area (Å²) in [4.78, 5) is 39.2. The van der Waals surface area contributed by atoms with Crippen LogP contribution in [0.2, 0.25) is 0 Å². The number of aryl methyl sites for hydroxylation is 1. The second-order valence-electron chi connectivity index (χ2n) is 5.84. The number of aromatic nitrogens is 2. The molecule has 3 aromatic rings. The predicted octanol–water partition coefficient (Wildman–Crippen LogP) is 3.43. The maximum absolute atomic E-state index is 12.6. The van der Waals surface area contributed by atoms with Gasteiger partial charge in [0.15, 0.2) is 0 Å². The highest BCUT2D eigenvalue weighted by atomic mass is 127. The minimum Gasteiger partial charge on any atom is -0.478 e. The number of aliphatic imine (C=N–C) groups is 1. The Balaban J connectivity index is 1.76. The Kier molecular flexibility index (Phi) is 5.73. The zero-order valence-electron chi connectivity index (χ0n) is 14.6. The normalized spacial score (nSPS) is 10.9. The monoisotopic (exact) mass is 490 g/mol. The smallest absolute Gasteiger partial charge is 0.345 e. The lowest BCUT2D eigenvalue weighted by molar-refractivity contribution is 0.0697. The molecule has 0 atom stereocenters. The summed E-state index contributed by atoms with van der Waals surface area (Å²) in [5, 5.41) is 14.3. The Morgan fingerprint density at radius 1 is 1.14 bits per heavy atom. The standard InChI is InChI=1S/C19H15IN4O4/c1-11-16(17(25)24(23-11)15-8-4-13(20)5-9-15)10-21-19(28)22-14-6-2-12(3-7-14)18(26)27/h2-10,23H,1H3,(H,22,28)(H,26,27). The molecule has 3 N–H and O–H groups in total. The lowest BCUT2D eigenvalue weighted by Crippen LogP contribution is -2.17. The SMILES string of the molecule is Cc1[nH]n(-c2ccc(I)cc2)c(=O)c1C=NC(=O)Nc1ccc(C(=O)O)cc1. The van der Waals surface area contributed by atoms with Crippen molar-refractivity contribution in [1.82, 2.24) is 9.78 Å². The van der Waals surface area contributed by atoms with Crippen LogP contribution in [0.15, 0.2) is 58.3 Å². The maximum atomic E-state index is 12.6. The second kappa shape index (κ2) is 8.21. The summed E-state index contributed by atoms with van der Waals surface area (Å²) >= 11 is 2.18. The van der Waals surface area contributed by atoms with Crippen molar-refractivity contribution in [1.29, 1.82) is 0 Å². The van der Waals surface area contributed by atoms with E-state index in [1.54, 1.807) is 6.92 Å². The lowest BCUT2D eigenvalue weighted by Gasteiger charge is -2.01. The fourth-order valence-electron chi connectivity index (χ4n) is 2.46. The second-order valence-corrected chi connectivity index (χ2v) is 7.08. The molecular weight excluding hydrogens is 475 g/mol. The molecule has 0 spiro atoms. The number of anilines is 1. The van der Waals surface area contributed by atoms with E-state index in [4.69, 9.17) is 5.11 Å². The number of nitrogens with one attached hydrogen (secondary N) is 2. The Morgan fingerprint density at radius 2 is 1.79 bits per heavy atom. The topological polar surface area (TPSA) is 117 Å². The Labute approximate surface area is 173 Å². The molecule has 1 aromatic heterocycles. The minimum absolute atomic E-state index is 0.112. The first-order valence-electron chi connectivity index (χ1n) is 8.11. The van der Waals surface area contributed by atoms with E-state index in [1.807, 2.05) is 24.3 Å². The van der Waals surface area contributed by atoms with E-state index in [9.17, 15) is 14.4 Å². The number of carboxylic acid groups (broad SMARTS) is 1. The summed E-state index contributed by atoms with van der Waals surface area (Å²) < 4.78 is 2.43. The van der Waals surface area contributed by atoms with Gasteiger partial charge in [-0.15, -0.1) is 0 Å². The number of nitrogens with zero attached hydrogens (tertiary/aromatic N) is 2. The molecule has 2 aromatic carbocycles. The van der Waals surface area contributed by atoms with Crippen molar-refractivity contribution < 1.29 is 14.7 Å². The fourth-order valence-corrected chi connectivity index (χ4v) is 2.82. The predicted molar refractivity (Wildman–Crippen MR) is 114 cm³/mol. The first kappa shape index (κ1) is 19.5. The summed E-state index contributed by atoms with van der Waals surface area (Å²) in [7, 11) is 0. The van der Waals surface area contributed by atoms with Crippen LogP contribution >= 0.6 is 22.6 Å². The number of hydrogen-bond acceptors (Lipinski definition) is 3. The largest absolute Gasteiger partial charge is 0.478 e. The van der Waals surface area contributed by atoms with E-state index in [1.165, 1.54) is 35.2 Å². The highest BCUT2D eigenvalue weighted by molar-refractivity contribution is 14.1. The summed E-state index contributed by atoms with van der Waals surface area (Å²) in [6, 6.07) is 12.4. The Bertz CT molecular complexity index is 1110. The van der Waals surface area contributed by atoms with Crippen LogP contribution in [0, 0.1) is 10.5 Å². The molecule has 0 aliphatic rings. The van der Waals surface area contributed by atoms with Gasteiger partial charge in [-0.05, 0) is 78.0 Å². The molecule has 0 unspecified atom stereocenters. The zero-order valence-corrected chi connectivity index (χ0v) is 16.8. The van der Waals surface area contributed by atoms with E-state index in [0.717, 1.165) is 3.57 Å². The van der Waals surface area contributed by atoms with Crippen LogP contribution < -0.4 is 10.9 Å². The number of benzene rings is 2. The maximum Gasteiger partial charge on any atom is 0.345 e. The van der Waals surface area contributed by atoms with Gasteiger partial charge >= 0.3 is 12.0 Å². The molecule has 0 saturated heterocycles. The van der Waals surface area contributed by atoms with Gasteiger partial charge in [0, 0.05) is 21.2 Å². The van der Waals surface area contributed by atoms with Crippen molar-refractivity contribution in [2.45, 2.75) is 6.92 Å². The highest BCUT2D eigenvalue weighted by Gasteiger charge is 2.11. The third-order valence-corrected chi connectivity index (χ3v) is 4.62. The van der Waals surface area contributed by atoms with E-state index in [2.05, 4.69) is 38.0 Å². The van der Waals surface area contributed by atoms with Crippen LogP contribution in [0.25, 0.3) is 5.69 Å². The number of carbonyl (C=O) groups is 2. The fraction of sp³-hybridized carbons (Fsp3) is 0.0526. The minimum atomic E-state index is -1.05. The molecule has 9 heteroatoms. The summed E-state index contributed by atoms with van der Waals surface area (Å²) in [6.45, 7) is 1.72. The molecule has 0 aliphatic heterocycles. The Morgan fingerprint density at radius 3 is 2.39 bits per heavy atom. The number of hydrogen-bond donors (Lipinski definition) is 3. The molecule has 2 amide bonds. The average Bonchev–Trinajstić information content (AvgIpc) is 2.95. The van der Waals surface area contributed by atoms with Crippen molar-refractivity contribution in [2.75, 3.05) is 5.32 Å². The molecule has 0 aliphatic carbocycles. The van der Waals surface area contributed by atoms with E-state index in [0.29, 0.717) is 17.1 Å². The summed E-state index contributed by atoms with van der Waals surface area (Å²) in [5.74, 6) is -1.05. The van der Waals surface area contributed by atoms with Gasteiger partial charge in [0.1, 0.15) is 0 Å². The number of halogens is 1. The van der Waals surface area contributed by atoms with Crippen molar-refractivity contribution in [3.05, 3.63) is 79.3 Å². The van der Waals surface area contributed by atoms with E-state index < -0.39 is 12.0 Å². The van der Waals surface area contributed by atoms with Gasteiger partial charge in [-0.3, -0.25) is 9.89 Å². The van der Waals surface area contributed by atoms with Crippen molar-refractivity contribution in [3.8, 4) is 5.69 Å². The van der Waals surface area contributed by atoms with Gasteiger partial charge < -0.3 is 10.4 Å². The van der Waals surface area contributed by atoms with E-state index >= 15 is 0 Å². The van der Waals surface area contributed by atoms with Crippen LogP contribution in [0.1, 0.15) is 21.6 Å². The number of rotatable bonds is 4. The number of aromatic amines is 1. The van der Waals surface area contributed by atoms with Crippen molar-refractivity contribution in [3.63, 3.8) is 0 Å². The van der Waals surface area contributed by atoms with Gasteiger partial charge in [-0.25, -0.2) is 19.3 Å².